The molecule has 3 rings (SSSR count). The van der Waals surface area contributed by atoms with Crippen LogP contribution in [0.25, 0.3) is 0 Å². The molecule has 1 amide bonds. The van der Waals surface area contributed by atoms with Crippen LogP contribution in [0.3, 0.4) is 0 Å². The van der Waals surface area contributed by atoms with E-state index in [-0.39, 0.29) is 5.91 Å². The number of amides is 1. The Morgan fingerprint density at radius 1 is 0.963 bits per heavy atom. The standard InChI is InChI=1S/C21H26N2O3S/c24-21(22-17-19-7-3-1-4-8-19)12-11-18-13-15-23(16-14-18)27(25,26)20-9-5-2-6-10-20/h1-10,18H,11-17H2,(H,22,24). The van der Waals surface area contributed by atoms with Gasteiger partial charge in [0.15, 0.2) is 0 Å². The summed E-state index contributed by atoms with van der Waals surface area (Å²) in [4.78, 5) is 12.4. The molecule has 0 radical (unpaired) electrons. The predicted molar refractivity (Wildman–Crippen MR) is 105 cm³/mol. The van der Waals surface area contributed by atoms with Crippen molar-refractivity contribution in [2.75, 3.05) is 13.1 Å². The van der Waals surface area contributed by atoms with Gasteiger partial charge in [0.25, 0.3) is 0 Å². The lowest BCUT2D eigenvalue weighted by Crippen LogP contribution is -2.38. The molecule has 1 heterocycles. The number of benzene rings is 2. The molecule has 0 saturated carbocycles. The summed E-state index contributed by atoms with van der Waals surface area (Å²) in [6, 6.07) is 18.4. The maximum absolute atomic E-state index is 12.6. The van der Waals surface area contributed by atoms with Crippen molar-refractivity contribution in [3.63, 3.8) is 0 Å². The van der Waals surface area contributed by atoms with Crippen LogP contribution < -0.4 is 5.32 Å². The first-order valence-corrected chi connectivity index (χ1v) is 10.9. The zero-order valence-electron chi connectivity index (χ0n) is 15.4. The van der Waals surface area contributed by atoms with Crippen molar-refractivity contribution >= 4 is 15.9 Å². The van der Waals surface area contributed by atoms with Crippen LogP contribution in [0.15, 0.2) is 65.6 Å². The minimum Gasteiger partial charge on any atom is -0.352 e. The van der Waals surface area contributed by atoms with E-state index in [0.717, 1.165) is 24.8 Å². The number of rotatable bonds is 7. The number of carbonyl (C=O) groups is 1. The summed E-state index contributed by atoms with van der Waals surface area (Å²) in [6.07, 6.45) is 2.90. The van der Waals surface area contributed by atoms with Crippen molar-refractivity contribution in [1.29, 1.82) is 0 Å². The molecule has 2 aromatic rings. The Kier molecular flexibility index (Phi) is 6.63. The average Bonchev–Trinajstić information content (AvgIpc) is 2.72. The third-order valence-electron chi connectivity index (χ3n) is 5.07. The fourth-order valence-electron chi connectivity index (χ4n) is 3.40. The highest BCUT2D eigenvalue weighted by molar-refractivity contribution is 7.89. The van der Waals surface area contributed by atoms with Gasteiger partial charge in [0.05, 0.1) is 4.90 Å². The Morgan fingerprint density at radius 3 is 2.19 bits per heavy atom. The molecule has 2 aromatic carbocycles. The molecule has 1 saturated heterocycles. The molecule has 0 spiro atoms. The topological polar surface area (TPSA) is 66.5 Å². The molecule has 1 aliphatic heterocycles. The van der Waals surface area contributed by atoms with Gasteiger partial charge >= 0.3 is 0 Å². The average molecular weight is 387 g/mol. The Morgan fingerprint density at radius 2 is 1.56 bits per heavy atom. The van der Waals surface area contributed by atoms with Crippen molar-refractivity contribution < 1.29 is 13.2 Å². The molecular formula is C21H26N2O3S. The van der Waals surface area contributed by atoms with Crippen LogP contribution in [0.2, 0.25) is 0 Å². The van der Waals surface area contributed by atoms with Gasteiger partial charge in [-0.2, -0.15) is 4.31 Å². The molecule has 1 fully saturated rings. The van der Waals surface area contributed by atoms with Gasteiger partial charge in [-0.3, -0.25) is 4.79 Å². The van der Waals surface area contributed by atoms with E-state index < -0.39 is 10.0 Å². The summed E-state index contributed by atoms with van der Waals surface area (Å²) in [5, 5.41) is 2.95. The van der Waals surface area contributed by atoms with E-state index in [1.165, 1.54) is 0 Å². The molecule has 6 heteroatoms. The lowest BCUT2D eigenvalue weighted by atomic mass is 9.93. The molecule has 0 aromatic heterocycles. The van der Waals surface area contributed by atoms with Crippen LogP contribution in [0.5, 0.6) is 0 Å². The second-order valence-electron chi connectivity index (χ2n) is 6.96. The molecule has 0 atom stereocenters. The molecule has 0 unspecified atom stereocenters. The Hall–Kier alpha value is -2.18. The summed E-state index contributed by atoms with van der Waals surface area (Å²) in [7, 11) is -3.40. The lowest BCUT2D eigenvalue weighted by molar-refractivity contribution is -0.121. The van der Waals surface area contributed by atoms with Gasteiger partial charge in [-0.1, -0.05) is 48.5 Å². The Labute approximate surface area is 161 Å². The number of carbonyl (C=O) groups excluding carboxylic acids is 1. The zero-order chi connectivity index (χ0) is 19.1. The second kappa shape index (κ2) is 9.15. The Balaban J connectivity index is 1.41. The Bertz CT molecular complexity index is 830. The molecule has 5 nitrogen and oxygen atoms in total. The van der Waals surface area contributed by atoms with Crippen LogP contribution >= 0.6 is 0 Å². The van der Waals surface area contributed by atoms with Crippen molar-refractivity contribution in [3.8, 4) is 0 Å². The van der Waals surface area contributed by atoms with Crippen molar-refractivity contribution in [2.45, 2.75) is 37.1 Å². The minimum atomic E-state index is -3.40. The van der Waals surface area contributed by atoms with Crippen molar-refractivity contribution in [1.82, 2.24) is 9.62 Å². The van der Waals surface area contributed by atoms with Crippen LogP contribution in [0.1, 0.15) is 31.2 Å². The molecule has 0 aliphatic carbocycles. The third kappa shape index (κ3) is 5.40. The van der Waals surface area contributed by atoms with Crippen LogP contribution in [0.4, 0.5) is 0 Å². The number of nitrogens with one attached hydrogen (secondary N) is 1. The van der Waals surface area contributed by atoms with Crippen LogP contribution in [-0.2, 0) is 21.4 Å². The number of nitrogens with zero attached hydrogens (tertiary/aromatic N) is 1. The van der Waals surface area contributed by atoms with Crippen molar-refractivity contribution in [3.05, 3.63) is 66.2 Å². The predicted octanol–water partition coefficient (Wildman–Crippen LogP) is 3.18. The van der Waals surface area contributed by atoms with Crippen molar-refractivity contribution in [2.24, 2.45) is 5.92 Å². The zero-order valence-corrected chi connectivity index (χ0v) is 16.2. The summed E-state index contributed by atoms with van der Waals surface area (Å²) < 4.78 is 26.8. The van der Waals surface area contributed by atoms with Gasteiger partial charge in [-0.05, 0) is 42.9 Å². The maximum Gasteiger partial charge on any atom is 0.243 e. The third-order valence-corrected chi connectivity index (χ3v) is 6.98. The monoisotopic (exact) mass is 386 g/mol. The van der Waals surface area contributed by atoms with Gasteiger partial charge in [0.1, 0.15) is 0 Å². The van der Waals surface area contributed by atoms with E-state index in [0.29, 0.717) is 36.9 Å². The second-order valence-corrected chi connectivity index (χ2v) is 8.90. The molecular weight excluding hydrogens is 360 g/mol. The summed E-state index contributed by atoms with van der Waals surface area (Å²) in [6.45, 7) is 1.59. The van der Waals surface area contributed by atoms with Gasteiger partial charge in [-0.25, -0.2) is 8.42 Å². The van der Waals surface area contributed by atoms with Crippen LogP contribution in [-0.4, -0.2) is 31.7 Å². The number of hydrogen-bond acceptors (Lipinski definition) is 3. The summed E-state index contributed by atoms with van der Waals surface area (Å²) in [5.41, 5.74) is 1.09. The van der Waals surface area contributed by atoms with E-state index in [4.69, 9.17) is 0 Å². The SMILES string of the molecule is O=C(CCC1CCN(S(=O)(=O)c2ccccc2)CC1)NCc1ccccc1. The first kappa shape index (κ1) is 19.6. The summed E-state index contributed by atoms with van der Waals surface area (Å²) >= 11 is 0. The first-order valence-electron chi connectivity index (χ1n) is 9.41. The summed E-state index contributed by atoms with van der Waals surface area (Å²) in [5.74, 6) is 0.452. The highest BCUT2D eigenvalue weighted by atomic mass is 32.2. The van der Waals surface area contributed by atoms with Gasteiger partial charge in [-0.15, -0.1) is 0 Å². The number of hydrogen-bond donors (Lipinski definition) is 1. The highest BCUT2D eigenvalue weighted by Gasteiger charge is 2.29. The van der Waals surface area contributed by atoms with E-state index in [2.05, 4.69) is 5.32 Å². The molecule has 27 heavy (non-hydrogen) atoms. The fourth-order valence-corrected chi connectivity index (χ4v) is 4.89. The van der Waals surface area contributed by atoms with Gasteiger partial charge in [0.2, 0.25) is 15.9 Å². The van der Waals surface area contributed by atoms with E-state index in [9.17, 15) is 13.2 Å². The van der Waals surface area contributed by atoms with E-state index >= 15 is 0 Å². The normalized spacial score (nSPS) is 16.1. The highest BCUT2D eigenvalue weighted by Crippen LogP contribution is 2.26. The maximum atomic E-state index is 12.6. The first-order chi connectivity index (χ1) is 13.1. The quantitative estimate of drug-likeness (QED) is 0.795. The minimum absolute atomic E-state index is 0.0539. The molecule has 1 N–H and O–H groups in total. The van der Waals surface area contributed by atoms with E-state index in [1.807, 2.05) is 36.4 Å². The molecule has 0 bridgehead atoms. The fraction of sp³-hybridized carbons (Fsp3) is 0.381. The van der Waals surface area contributed by atoms with Gasteiger partial charge in [0, 0.05) is 26.1 Å². The van der Waals surface area contributed by atoms with Crippen LogP contribution in [0, 0.1) is 5.92 Å². The molecule has 1 aliphatic rings. The van der Waals surface area contributed by atoms with Gasteiger partial charge < -0.3 is 5.32 Å². The lowest BCUT2D eigenvalue weighted by Gasteiger charge is -2.31. The number of piperidine rings is 1. The smallest absolute Gasteiger partial charge is 0.243 e. The van der Waals surface area contributed by atoms with E-state index in [1.54, 1.807) is 28.6 Å². The number of sulfonamides is 1. The molecule has 144 valence electrons. The largest absolute Gasteiger partial charge is 0.352 e.